The molecule has 0 atom stereocenters. The number of aromatic nitrogens is 2. The van der Waals surface area contributed by atoms with Crippen molar-refractivity contribution in [1.29, 1.82) is 0 Å². The Balaban J connectivity index is 1.65. The normalized spacial score (nSPS) is 10.9. The van der Waals surface area contributed by atoms with Gasteiger partial charge in [0, 0.05) is 10.6 Å². The third-order valence-electron chi connectivity index (χ3n) is 4.47. The highest BCUT2D eigenvalue weighted by molar-refractivity contribution is 7.80. The molecule has 4 aromatic rings. The monoisotopic (exact) mass is 420 g/mol. The molecule has 0 saturated carbocycles. The number of anilines is 1. The minimum atomic E-state index is -0.163. The van der Waals surface area contributed by atoms with Gasteiger partial charge in [0.15, 0.2) is 5.11 Å². The Morgan fingerprint density at radius 1 is 1.03 bits per heavy atom. The molecule has 0 bridgehead atoms. The predicted molar refractivity (Wildman–Crippen MR) is 126 cm³/mol. The van der Waals surface area contributed by atoms with E-state index in [9.17, 15) is 4.79 Å². The first kappa shape index (κ1) is 19.3. The topological polar surface area (TPSA) is 58.9 Å². The van der Waals surface area contributed by atoms with Crippen LogP contribution < -0.4 is 16.3 Å². The second-order valence-electron chi connectivity index (χ2n) is 6.93. The molecule has 5 nitrogen and oxygen atoms in total. The van der Waals surface area contributed by atoms with Crippen LogP contribution in [-0.2, 0) is 0 Å². The lowest BCUT2D eigenvalue weighted by Gasteiger charge is -2.15. The zero-order valence-electron chi connectivity index (χ0n) is 16.3. The maximum atomic E-state index is 13.1. The average Bonchev–Trinajstić information content (AvgIpc) is 3.09. The molecule has 29 heavy (non-hydrogen) atoms. The smallest absolute Gasteiger partial charge is 0.290 e. The fourth-order valence-corrected chi connectivity index (χ4v) is 4.52. The molecule has 2 N–H and O–H groups in total. The quantitative estimate of drug-likeness (QED) is 0.457. The van der Waals surface area contributed by atoms with Crippen molar-refractivity contribution in [3.05, 3.63) is 81.9 Å². The van der Waals surface area contributed by atoms with Gasteiger partial charge in [-0.1, -0.05) is 36.4 Å². The van der Waals surface area contributed by atoms with Crippen LogP contribution in [0.4, 0.5) is 5.69 Å². The number of thiophene rings is 1. The number of aryl methyl sites for hydroxylation is 3. The fourth-order valence-electron chi connectivity index (χ4n) is 3.27. The van der Waals surface area contributed by atoms with Crippen molar-refractivity contribution in [2.75, 3.05) is 10.7 Å². The Kier molecular flexibility index (Phi) is 5.17. The molecule has 146 valence electrons. The molecule has 0 aliphatic rings. The molecule has 2 heterocycles. The van der Waals surface area contributed by atoms with Crippen molar-refractivity contribution >= 4 is 44.6 Å². The van der Waals surface area contributed by atoms with Gasteiger partial charge in [-0.25, -0.2) is 9.66 Å². The van der Waals surface area contributed by atoms with Gasteiger partial charge in [-0.2, -0.15) is 0 Å². The standard InChI is InChI=1S/C22H20N4OS2/c1-13-9-14(2)11-17(10-13)24-22(28)25-26-15(3)23-18-12-19(29-20(18)21(26)27)16-7-5-4-6-8-16/h4-12H,1-3H3,(H2,24,25,28). The summed E-state index contributed by atoms with van der Waals surface area (Å²) in [6.45, 7) is 5.84. The highest BCUT2D eigenvalue weighted by Crippen LogP contribution is 2.30. The maximum Gasteiger partial charge on any atom is 0.290 e. The van der Waals surface area contributed by atoms with Crippen molar-refractivity contribution in [2.45, 2.75) is 20.8 Å². The number of benzene rings is 2. The first-order chi connectivity index (χ1) is 13.9. The van der Waals surface area contributed by atoms with Crippen LogP contribution >= 0.6 is 23.6 Å². The summed E-state index contributed by atoms with van der Waals surface area (Å²) in [7, 11) is 0. The van der Waals surface area contributed by atoms with Gasteiger partial charge in [0.05, 0.1) is 5.52 Å². The van der Waals surface area contributed by atoms with Crippen molar-refractivity contribution < 1.29 is 0 Å². The van der Waals surface area contributed by atoms with Crippen LogP contribution in [0.1, 0.15) is 17.0 Å². The highest BCUT2D eigenvalue weighted by atomic mass is 32.1. The number of nitrogens with one attached hydrogen (secondary N) is 2. The Morgan fingerprint density at radius 2 is 1.72 bits per heavy atom. The molecule has 0 spiro atoms. The zero-order valence-corrected chi connectivity index (χ0v) is 17.9. The predicted octanol–water partition coefficient (Wildman–Crippen LogP) is 4.99. The minimum Gasteiger partial charge on any atom is -0.331 e. The number of hydrogen-bond donors (Lipinski definition) is 2. The van der Waals surface area contributed by atoms with Crippen LogP contribution in [0, 0.1) is 20.8 Å². The van der Waals surface area contributed by atoms with Gasteiger partial charge in [0.2, 0.25) is 0 Å². The number of thiocarbonyl (C=S) groups is 1. The molecule has 0 radical (unpaired) electrons. The zero-order chi connectivity index (χ0) is 20.5. The minimum absolute atomic E-state index is 0.163. The molecule has 0 amide bonds. The van der Waals surface area contributed by atoms with Gasteiger partial charge in [-0.15, -0.1) is 11.3 Å². The van der Waals surface area contributed by atoms with Gasteiger partial charge >= 0.3 is 0 Å². The van der Waals surface area contributed by atoms with E-state index in [0.717, 1.165) is 27.3 Å². The van der Waals surface area contributed by atoms with E-state index in [1.165, 1.54) is 16.0 Å². The van der Waals surface area contributed by atoms with E-state index in [1.54, 1.807) is 6.92 Å². The van der Waals surface area contributed by atoms with Crippen molar-refractivity contribution in [3.8, 4) is 10.4 Å². The van der Waals surface area contributed by atoms with Crippen LogP contribution in [0.15, 0.2) is 59.4 Å². The molecule has 0 saturated heterocycles. The SMILES string of the molecule is Cc1cc(C)cc(NC(=S)Nn2c(C)nc3cc(-c4ccccc4)sc3c2=O)c1. The van der Waals surface area contributed by atoms with E-state index in [-0.39, 0.29) is 5.56 Å². The summed E-state index contributed by atoms with van der Waals surface area (Å²) in [5.41, 5.74) is 7.73. The molecule has 0 aliphatic heterocycles. The summed E-state index contributed by atoms with van der Waals surface area (Å²) in [5.74, 6) is 0.546. The molecular formula is C22H20N4OS2. The fraction of sp³-hybridized carbons (Fsp3) is 0.136. The van der Waals surface area contributed by atoms with E-state index in [0.29, 0.717) is 21.2 Å². The molecule has 7 heteroatoms. The van der Waals surface area contributed by atoms with Crippen LogP contribution in [0.5, 0.6) is 0 Å². The van der Waals surface area contributed by atoms with E-state index in [1.807, 2.05) is 62.4 Å². The lowest BCUT2D eigenvalue weighted by Crippen LogP contribution is -2.37. The van der Waals surface area contributed by atoms with Gasteiger partial charge in [-0.3, -0.25) is 10.2 Å². The summed E-state index contributed by atoms with van der Waals surface area (Å²) in [6, 6.07) is 18.0. The van der Waals surface area contributed by atoms with Crippen LogP contribution in [0.2, 0.25) is 0 Å². The second kappa shape index (κ2) is 7.77. The first-order valence-corrected chi connectivity index (χ1v) is 10.4. The number of hydrogen-bond acceptors (Lipinski definition) is 4. The maximum absolute atomic E-state index is 13.1. The van der Waals surface area contributed by atoms with Gasteiger partial charge in [0.25, 0.3) is 5.56 Å². The Morgan fingerprint density at radius 3 is 2.41 bits per heavy atom. The Hall–Kier alpha value is -3.03. The highest BCUT2D eigenvalue weighted by Gasteiger charge is 2.14. The third-order valence-corrected chi connectivity index (χ3v) is 5.82. The van der Waals surface area contributed by atoms with E-state index in [4.69, 9.17) is 12.2 Å². The van der Waals surface area contributed by atoms with Gasteiger partial charge in [-0.05, 0) is 67.9 Å². The molecule has 0 aliphatic carbocycles. The average molecular weight is 421 g/mol. The number of fused-ring (bicyclic) bond motifs is 1. The van der Waals surface area contributed by atoms with Crippen LogP contribution in [-0.4, -0.2) is 14.8 Å². The molecular weight excluding hydrogens is 400 g/mol. The van der Waals surface area contributed by atoms with Crippen molar-refractivity contribution in [1.82, 2.24) is 9.66 Å². The lowest BCUT2D eigenvalue weighted by molar-refractivity contribution is 0.841. The second-order valence-corrected chi connectivity index (χ2v) is 8.39. The molecule has 2 aromatic carbocycles. The van der Waals surface area contributed by atoms with E-state index < -0.39 is 0 Å². The van der Waals surface area contributed by atoms with Crippen LogP contribution in [0.25, 0.3) is 20.7 Å². The third kappa shape index (κ3) is 4.06. The number of nitrogens with zero attached hydrogens (tertiary/aromatic N) is 2. The van der Waals surface area contributed by atoms with Gasteiger partial charge in [0.1, 0.15) is 10.5 Å². The summed E-state index contributed by atoms with van der Waals surface area (Å²) >= 11 is 6.86. The number of rotatable bonds is 3. The van der Waals surface area contributed by atoms with Gasteiger partial charge < -0.3 is 5.32 Å². The molecule has 0 fully saturated rings. The Labute approximate surface area is 178 Å². The Bertz CT molecular complexity index is 1260. The largest absolute Gasteiger partial charge is 0.331 e. The molecule has 2 aromatic heterocycles. The lowest BCUT2D eigenvalue weighted by atomic mass is 10.1. The summed E-state index contributed by atoms with van der Waals surface area (Å²) in [6.07, 6.45) is 0. The van der Waals surface area contributed by atoms with Crippen molar-refractivity contribution in [2.24, 2.45) is 0 Å². The summed E-state index contributed by atoms with van der Waals surface area (Å²) in [5, 5.41) is 3.48. The first-order valence-electron chi connectivity index (χ1n) is 9.15. The van der Waals surface area contributed by atoms with E-state index in [2.05, 4.69) is 21.8 Å². The van der Waals surface area contributed by atoms with Crippen molar-refractivity contribution in [3.63, 3.8) is 0 Å². The van der Waals surface area contributed by atoms with E-state index >= 15 is 0 Å². The molecule has 0 unspecified atom stereocenters. The summed E-state index contributed by atoms with van der Waals surface area (Å²) in [4.78, 5) is 18.7. The van der Waals surface area contributed by atoms with Crippen LogP contribution in [0.3, 0.4) is 0 Å². The summed E-state index contributed by atoms with van der Waals surface area (Å²) < 4.78 is 1.99. The molecule has 4 rings (SSSR count).